The van der Waals surface area contributed by atoms with Crippen molar-refractivity contribution in [1.29, 1.82) is 0 Å². The van der Waals surface area contributed by atoms with Crippen LogP contribution >= 0.6 is 0 Å². The van der Waals surface area contributed by atoms with E-state index in [1.165, 1.54) is 50.8 Å². The summed E-state index contributed by atoms with van der Waals surface area (Å²) in [6.07, 6.45) is 8.52. The highest BCUT2D eigenvalue weighted by Gasteiger charge is 2.27. The smallest absolute Gasteiger partial charge is 0.191 e. The molecule has 2 saturated heterocycles. The van der Waals surface area contributed by atoms with Crippen molar-refractivity contribution in [2.24, 2.45) is 10.9 Å². The van der Waals surface area contributed by atoms with Crippen LogP contribution in [-0.4, -0.2) is 61.2 Å². The topological polar surface area (TPSA) is 55.8 Å². The molecule has 1 aromatic rings. The fourth-order valence-electron chi connectivity index (χ4n) is 4.26. The lowest BCUT2D eigenvalue weighted by molar-refractivity contribution is 0.0982. The van der Waals surface area contributed by atoms with Gasteiger partial charge in [0, 0.05) is 45.0 Å². The molecule has 0 saturated carbocycles. The lowest BCUT2D eigenvalue weighted by atomic mass is 9.98. The number of nitrogens with one attached hydrogen (secondary N) is 2. The van der Waals surface area contributed by atoms with Gasteiger partial charge in [-0.15, -0.1) is 0 Å². The van der Waals surface area contributed by atoms with Crippen molar-refractivity contribution >= 4 is 11.8 Å². The van der Waals surface area contributed by atoms with E-state index in [0.717, 1.165) is 43.9 Å². The molecule has 2 N–H and O–H groups in total. The van der Waals surface area contributed by atoms with Gasteiger partial charge in [0.25, 0.3) is 0 Å². The third-order valence-corrected chi connectivity index (χ3v) is 6.50. The van der Waals surface area contributed by atoms with E-state index in [0.29, 0.717) is 0 Å². The average molecular weight is 401 g/mol. The van der Waals surface area contributed by atoms with E-state index in [-0.39, 0.29) is 5.54 Å². The van der Waals surface area contributed by atoms with Gasteiger partial charge in [0.2, 0.25) is 0 Å². The Hall–Kier alpha value is -1.82. The fourth-order valence-corrected chi connectivity index (χ4v) is 4.26. The van der Waals surface area contributed by atoms with Gasteiger partial charge in [-0.1, -0.05) is 19.4 Å². The number of hydrogen-bond acceptors (Lipinski definition) is 4. The zero-order valence-corrected chi connectivity index (χ0v) is 18.9. The minimum absolute atomic E-state index is 0.132. The van der Waals surface area contributed by atoms with Crippen LogP contribution in [0.5, 0.6) is 0 Å². The Bertz CT molecular complexity index is 640. The third-order valence-electron chi connectivity index (χ3n) is 6.50. The average Bonchev–Trinajstić information content (AvgIpc) is 2.75. The zero-order chi connectivity index (χ0) is 20.7. The first-order chi connectivity index (χ1) is 14.0. The predicted molar refractivity (Wildman–Crippen MR) is 123 cm³/mol. The number of anilines is 1. The van der Waals surface area contributed by atoms with Crippen molar-refractivity contribution in [3.63, 3.8) is 0 Å². The van der Waals surface area contributed by atoms with Crippen molar-refractivity contribution in [1.82, 2.24) is 20.5 Å². The number of rotatable bonds is 6. The maximum Gasteiger partial charge on any atom is 0.191 e. The number of aromatic nitrogens is 1. The number of aliphatic imine (C=N–C) groups is 1. The highest BCUT2D eigenvalue weighted by atomic mass is 15.2. The second kappa shape index (κ2) is 10.3. The summed E-state index contributed by atoms with van der Waals surface area (Å²) < 4.78 is 0. The molecule has 0 amide bonds. The van der Waals surface area contributed by atoms with Crippen molar-refractivity contribution in [3.8, 4) is 0 Å². The second-order valence-corrected chi connectivity index (χ2v) is 9.33. The standard InChI is InChI=1S/C23H40N6/c1-19-10-14-28(15-11-19)21-9-8-20(16-25-21)17-26-22(24-4)27-18-23(2,3)29-12-6-5-7-13-29/h8-9,16,19H,5-7,10-15,17-18H2,1-4H3,(H2,24,26,27). The molecule has 0 spiro atoms. The number of hydrogen-bond donors (Lipinski definition) is 2. The predicted octanol–water partition coefficient (Wildman–Crippen LogP) is 3.25. The summed E-state index contributed by atoms with van der Waals surface area (Å²) in [5.74, 6) is 2.80. The van der Waals surface area contributed by atoms with Crippen LogP contribution in [-0.2, 0) is 6.54 Å². The van der Waals surface area contributed by atoms with Gasteiger partial charge in [0.05, 0.1) is 0 Å². The summed E-state index contributed by atoms with van der Waals surface area (Å²) in [6.45, 7) is 13.2. The van der Waals surface area contributed by atoms with Crippen LogP contribution in [0.1, 0.15) is 58.4 Å². The normalized spacial score (nSPS) is 20.0. The molecule has 3 rings (SSSR count). The third kappa shape index (κ3) is 6.33. The van der Waals surface area contributed by atoms with Crippen LogP contribution in [0, 0.1) is 5.92 Å². The molecule has 2 aliphatic rings. The van der Waals surface area contributed by atoms with Gasteiger partial charge in [-0.2, -0.15) is 0 Å². The number of likely N-dealkylation sites (tertiary alicyclic amines) is 1. The molecule has 2 fully saturated rings. The van der Waals surface area contributed by atoms with E-state index in [4.69, 9.17) is 4.98 Å². The molecule has 2 aliphatic heterocycles. The van der Waals surface area contributed by atoms with Crippen molar-refractivity contribution < 1.29 is 0 Å². The van der Waals surface area contributed by atoms with Gasteiger partial charge in [0.15, 0.2) is 5.96 Å². The van der Waals surface area contributed by atoms with E-state index in [2.05, 4.69) is 58.3 Å². The molecule has 0 aromatic carbocycles. The van der Waals surface area contributed by atoms with Crippen LogP contribution in [0.15, 0.2) is 23.3 Å². The zero-order valence-electron chi connectivity index (χ0n) is 18.9. The molecular formula is C23H40N6. The van der Waals surface area contributed by atoms with Crippen LogP contribution in [0.2, 0.25) is 0 Å². The Morgan fingerprint density at radius 1 is 1.10 bits per heavy atom. The summed E-state index contributed by atoms with van der Waals surface area (Å²) in [6, 6.07) is 4.33. The monoisotopic (exact) mass is 400 g/mol. The maximum atomic E-state index is 4.70. The van der Waals surface area contributed by atoms with E-state index < -0.39 is 0 Å². The van der Waals surface area contributed by atoms with Gasteiger partial charge >= 0.3 is 0 Å². The summed E-state index contributed by atoms with van der Waals surface area (Å²) in [5.41, 5.74) is 1.31. The van der Waals surface area contributed by atoms with E-state index >= 15 is 0 Å². The summed E-state index contributed by atoms with van der Waals surface area (Å²) in [7, 11) is 1.84. The Kier molecular flexibility index (Phi) is 7.76. The number of guanidine groups is 1. The largest absolute Gasteiger partial charge is 0.357 e. The van der Waals surface area contributed by atoms with Crippen molar-refractivity contribution in [2.45, 2.75) is 65.0 Å². The lowest BCUT2D eigenvalue weighted by Gasteiger charge is -2.41. The second-order valence-electron chi connectivity index (χ2n) is 9.33. The van der Waals surface area contributed by atoms with E-state index in [9.17, 15) is 0 Å². The molecule has 0 unspecified atom stereocenters. The summed E-state index contributed by atoms with van der Waals surface area (Å²) >= 11 is 0. The van der Waals surface area contributed by atoms with Gasteiger partial charge in [0.1, 0.15) is 5.82 Å². The van der Waals surface area contributed by atoms with Crippen LogP contribution < -0.4 is 15.5 Å². The Balaban J connectivity index is 1.45. The van der Waals surface area contributed by atoms with Gasteiger partial charge in [-0.25, -0.2) is 4.98 Å². The van der Waals surface area contributed by atoms with E-state index in [1.54, 1.807) is 0 Å². The number of piperidine rings is 2. The van der Waals surface area contributed by atoms with Crippen molar-refractivity contribution in [2.75, 3.05) is 44.7 Å². The summed E-state index contributed by atoms with van der Waals surface area (Å²) in [5, 5.41) is 6.95. The molecule has 0 radical (unpaired) electrons. The molecule has 3 heterocycles. The molecular weight excluding hydrogens is 360 g/mol. The molecule has 6 heteroatoms. The molecule has 1 aromatic heterocycles. The maximum absolute atomic E-state index is 4.70. The van der Waals surface area contributed by atoms with Gasteiger partial charge < -0.3 is 15.5 Å². The lowest BCUT2D eigenvalue weighted by Crippen LogP contribution is -2.54. The molecule has 6 nitrogen and oxygen atoms in total. The SMILES string of the molecule is CN=C(NCc1ccc(N2CCC(C)CC2)nc1)NCC(C)(C)N1CCCCC1. The van der Waals surface area contributed by atoms with Crippen LogP contribution in [0.4, 0.5) is 5.82 Å². The quantitative estimate of drug-likeness (QED) is 0.567. The first kappa shape index (κ1) is 21.9. The molecule has 162 valence electrons. The van der Waals surface area contributed by atoms with Crippen molar-refractivity contribution in [3.05, 3.63) is 23.9 Å². The molecule has 0 aliphatic carbocycles. The highest BCUT2D eigenvalue weighted by Crippen LogP contribution is 2.21. The number of nitrogens with zero attached hydrogens (tertiary/aromatic N) is 4. The minimum Gasteiger partial charge on any atom is -0.357 e. The Morgan fingerprint density at radius 3 is 2.45 bits per heavy atom. The van der Waals surface area contributed by atoms with Crippen LogP contribution in [0.25, 0.3) is 0 Å². The minimum atomic E-state index is 0.132. The first-order valence-corrected chi connectivity index (χ1v) is 11.4. The fraction of sp³-hybridized carbons (Fsp3) is 0.739. The Morgan fingerprint density at radius 2 is 1.83 bits per heavy atom. The van der Waals surface area contributed by atoms with E-state index in [1.807, 2.05) is 13.2 Å². The Labute approximate surface area is 177 Å². The highest BCUT2D eigenvalue weighted by molar-refractivity contribution is 5.79. The number of pyridine rings is 1. The van der Waals surface area contributed by atoms with Crippen LogP contribution in [0.3, 0.4) is 0 Å². The first-order valence-electron chi connectivity index (χ1n) is 11.4. The molecule has 0 bridgehead atoms. The molecule has 29 heavy (non-hydrogen) atoms. The van der Waals surface area contributed by atoms with Gasteiger partial charge in [-0.3, -0.25) is 9.89 Å². The van der Waals surface area contributed by atoms with Gasteiger partial charge in [-0.05, 0) is 70.2 Å². The summed E-state index contributed by atoms with van der Waals surface area (Å²) in [4.78, 5) is 14.1. The molecule has 0 atom stereocenters.